The van der Waals surface area contributed by atoms with Crippen molar-refractivity contribution in [2.24, 2.45) is 0 Å². The third kappa shape index (κ3) is 2.49. The third-order valence-electron chi connectivity index (χ3n) is 3.12. The SMILES string of the molecule is COc1nc(NC2COc3ccccc3C2)ncc1F. The van der Waals surface area contributed by atoms with Crippen molar-refractivity contribution in [2.45, 2.75) is 12.5 Å². The van der Waals surface area contributed by atoms with Crippen molar-refractivity contribution < 1.29 is 13.9 Å². The van der Waals surface area contributed by atoms with Crippen LogP contribution in [0, 0.1) is 5.82 Å². The number of ether oxygens (including phenoxy) is 2. The fraction of sp³-hybridized carbons (Fsp3) is 0.286. The highest BCUT2D eigenvalue weighted by atomic mass is 19.1. The Kier molecular flexibility index (Phi) is 3.37. The van der Waals surface area contributed by atoms with Gasteiger partial charge in [-0.1, -0.05) is 18.2 Å². The molecule has 0 bridgehead atoms. The van der Waals surface area contributed by atoms with Gasteiger partial charge in [-0.25, -0.2) is 4.98 Å². The molecule has 0 radical (unpaired) electrons. The van der Waals surface area contributed by atoms with Crippen LogP contribution in [0.3, 0.4) is 0 Å². The summed E-state index contributed by atoms with van der Waals surface area (Å²) >= 11 is 0. The second-order valence-electron chi connectivity index (χ2n) is 4.51. The Hall–Kier alpha value is -2.37. The van der Waals surface area contributed by atoms with Gasteiger partial charge in [-0.3, -0.25) is 0 Å². The molecule has 6 heteroatoms. The molecule has 0 aliphatic carbocycles. The Bertz CT molecular complexity index is 621. The van der Waals surface area contributed by atoms with Crippen LogP contribution in [0.1, 0.15) is 5.56 Å². The first-order valence-corrected chi connectivity index (χ1v) is 6.30. The molecule has 1 aromatic heterocycles. The standard InChI is InChI=1S/C14H14FN3O2/c1-19-13-11(15)7-16-14(18-13)17-10-6-9-4-2-3-5-12(9)20-8-10/h2-5,7,10H,6,8H2,1H3,(H,16,17,18). The van der Waals surface area contributed by atoms with E-state index < -0.39 is 5.82 Å². The van der Waals surface area contributed by atoms with Gasteiger partial charge in [0.15, 0.2) is 0 Å². The van der Waals surface area contributed by atoms with Crippen molar-refractivity contribution in [1.29, 1.82) is 0 Å². The summed E-state index contributed by atoms with van der Waals surface area (Å²) in [5, 5.41) is 3.13. The lowest BCUT2D eigenvalue weighted by Gasteiger charge is -2.26. The topological polar surface area (TPSA) is 56.3 Å². The fourth-order valence-corrected chi connectivity index (χ4v) is 2.17. The van der Waals surface area contributed by atoms with Gasteiger partial charge in [-0.2, -0.15) is 9.37 Å². The molecule has 0 saturated heterocycles. The number of fused-ring (bicyclic) bond motifs is 1. The van der Waals surface area contributed by atoms with Crippen molar-refractivity contribution >= 4 is 5.95 Å². The number of aromatic nitrogens is 2. The van der Waals surface area contributed by atoms with Crippen molar-refractivity contribution in [2.75, 3.05) is 19.0 Å². The molecular formula is C14H14FN3O2. The fourth-order valence-electron chi connectivity index (χ4n) is 2.17. The van der Waals surface area contributed by atoms with E-state index in [1.54, 1.807) is 0 Å². The van der Waals surface area contributed by atoms with Crippen molar-refractivity contribution in [3.05, 3.63) is 41.8 Å². The van der Waals surface area contributed by atoms with Crippen LogP contribution in [0.15, 0.2) is 30.5 Å². The molecule has 0 spiro atoms. The lowest BCUT2D eigenvalue weighted by Crippen LogP contribution is -2.33. The van der Waals surface area contributed by atoms with Gasteiger partial charge >= 0.3 is 0 Å². The summed E-state index contributed by atoms with van der Waals surface area (Å²) in [5.41, 5.74) is 1.13. The normalized spacial score (nSPS) is 17.0. The van der Waals surface area contributed by atoms with Crippen LogP contribution in [0.2, 0.25) is 0 Å². The molecule has 2 aromatic rings. The Morgan fingerprint density at radius 1 is 1.40 bits per heavy atom. The summed E-state index contributed by atoms with van der Waals surface area (Å²) in [6, 6.07) is 7.93. The number of nitrogens with one attached hydrogen (secondary N) is 1. The van der Waals surface area contributed by atoms with Crippen LogP contribution in [0.25, 0.3) is 0 Å². The minimum absolute atomic E-state index is 0.0417. The van der Waals surface area contributed by atoms with Gasteiger partial charge in [0, 0.05) is 0 Å². The van der Waals surface area contributed by atoms with E-state index in [2.05, 4.69) is 15.3 Å². The molecule has 0 fully saturated rings. The molecule has 3 rings (SSSR count). The number of methoxy groups -OCH3 is 1. The van der Waals surface area contributed by atoms with E-state index >= 15 is 0 Å². The first kappa shape index (κ1) is 12.7. The number of hydrogen-bond acceptors (Lipinski definition) is 5. The monoisotopic (exact) mass is 275 g/mol. The van der Waals surface area contributed by atoms with E-state index in [1.807, 2.05) is 24.3 Å². The Morgan fingerprint density at radius 2 is 2.25 bits per heavy atom. The highest BCUT2D eigenvalue weighted by Crippen LogP contribution is 2.25. The Labute approximate surface area is 115 Å². The molecular weight excluding hydrogens is 261 g/mol. The predicted molar refractivity (Wildman–Crippen MR) is 71.6 cm³/mol. The third-order valence-corrected chi connectivity index (χ3v) is 3.12. The number of rotatable bonds is 3. The second kappa shape index (κ2) is 5.32. The molecule has 20 heavy (non-hydrogen) atoms. The van der Waals surface area contributed by atoms with E-state index in [4.69, 9.17) is 9.47 Å². The van der Waals surface area contributed by atoms with Crippen LogP contribution in [0.4, 0.5) is 10.3 Å². The summed E-state index contributed by atoms with van der Waals surface area (Å²) in [4.78, 5) is 7.87. The number of hydrogen-bond donors (Lipinski definition) is 1. The molecule has 5 nitrogen and oxygen atoms in total. The Balaban J connectivity index is 1.73. The highest BCUT2D eigenvalue weighted by Gasteiger charge is 2.20. The molecule has 104 valence electrons. The first-order chi connectivity index (χ1) is 9.76. The van der Waals surface area contributed by atoms with Crippen LogP contribution in [-0.2, 0) is 6.42 Å². The molecule has 0 saturated carbocycles. The summed E-state index contributed by atoms with van der Waals surface area (Å²) in [7, 11) is 1.37. The zero-order valence-corrected chi connectivity index (χ0v) is 11.0. The van der Waals surface area contributed by atoms with Crippen LogP contribution in [-0.4, -0.2) is 29.7 Å². The highest BCUT2D eigenvalue weighted by molar-refractivity contribution is 5.38. The van der Waals surface area contributed by atoms with Gasteiger partial charge in [0.25, 0.3) is 5.88 Å². The predicted octanol–water partition coefficient (Wildman–Crippen LogP) is 2.04. The number of anilines is 1. The molecule has 1 aliphatic rings. The van der Waals surface area contributed by atoms with Gasteiger partial charge in [0.1, 0.15) is 12.4 Å². The second-order valence-corrected chi connectivity index (χ2v) is 4.51. The van der Waals surface area contributed by atoms with Crippen LogP contribution in [0.5, 0.6) is 11.6 Å². The Morgan fingerprint density at radius 3 is 3.10 bits per heavy atom. The zero-order chi connectivity index (χ0) is 13.9. The van der Waals surface area contributed by atoms with Crippen molar-refractivity contribution in [3.8, 4) is 11.6 Å². The van der Waals surface area contributed by atoms with Crippen molar-refractivity contribution in [3.63, 3.8) is 0 Å². The molecule has 1 N–H and O–H groups in total. The lowest BCUT2D eigenvalue weighted by atomic mass is 10.0. The average Bonchev–Trinajstić information content (AvgIpc) is 2.49. The van der Waals surface area contributed by atoms with Gasteiger partial charge in [-0.15, -0.1) is 0 Å². The van der Waals surface area contributed by atoms with Gasteiger partial charge in [-0.05, 0) is 18.1 Å². The number of nitrogens with zero attached hydrogens (tertiary/aromatic N) is 2. The molecule has 1 atom stereocenters. The molecule has 2 heterocycles. The summed E-state index contributed by atoms with van der Waals surface area (Å²) in [6.07, 6.45) is 1.89. The van der Waals surface area contributed by atoms with Gasteiger partial charge in [0.2, 0.25) is 11.8 Å². The van der Waals surface area contributed by atoms with Gasteiger partial charge < -0.3 is 14.8 Å². The number of benzene rings is 1. The maximum absolute atomic E-state index is 13.2. The van der Waals surface area contributed by atoms with E-state index in [0.717, 1.165) is 23.9 Å². The summed E-state index contributed by atoms with van der Waals surface area (Å²) < 4.78 is 23.7. The smallest absolute Gasteiger partial charge is 0.255 e. The zero-order valence-electron chi connectivity index (χ0n) is 11.0. The first-order valence-electron chi connectivity index (χ1n) is 6.30. The van der Waals surface area contributed by atoms with Crippen molar-refractivity contribution in [1.82, 2.24) is 9.97 Å². The minimum atomic E-state index is -0.580. The molecule has 1 unspecified atom stereocenters. The van der Waals surface area contributed by atoms with Gasteiger partial charge in [0.05, 0.1) is 19.3 Å². The number of halogens is 1. The average molecular weight is 275 g/mol. The lowest BCUT2D eigenvalue weighted by molar-refractivity contribution is 0.272. The summed E-state index contributed by atoms with van der Waals surface area (Å²) in [5.74, 6) is 0.585. The molecule has 0 amide bonds. The van der Waals surface area contributed by atoms with Crippen LogP contribution >= 0.6 is 0 Å². The quantitative estimate of drug-likeness (QED) is 0.929. The van der Waals surface area contributed by atoms with E-state index in [1.165, 1.54) is 7.11 Å². The minimum Gasteiger partial charge on any atom is -0.491 e. The molecule has 1 aliphatic heterocycles. The summed E-state index contributed by atoms with van der Waals surface area (Å²) in [6.45, 7) is 0.514. The van der Waals surface area contributed by atoms with Crippen LogP contribution < -0.4 is 14.8 Å². The molecule has 1 aromatic carbocycles. The number of para-hydroxylation sites is 1. The maximum Gasteiger partial charge on any atom is 0.255 e. The van der Waals surface area contributed by atoms with E-state index in [9.17, 15) is 4.39 Å². The maximum atomic E-state index is 13.2. The largest absolute Gasteiger partial charge is 0.491 e. The van der Waals surface area contributed by atoms with E-state index in [-0.39, 0.29) is 11.9 Å². The van der Waals surface area contributed by atoms with E-state index in [0.29, 0.717) is 12.6 Å².